The van der Waals surface area contributed by atoms with Gasteiger partial charge in [0.25, 0.3) is 0 Å². The van der Waals surface area contributed by atoms with Gasteiger partial charge in [0.05, 0.1) is 11.9 Å². The van der Waals surface area contributed by atoms with Crippen molar-refractivity contribution in [2.24, 2.45) is 0 Å². The number of sulfonamides is 1. The molecule has 2 aromatic rings. The third-order valence-corrected chi connectivity index (χ3v) is 3.96. The zero-order valence-electron chi connectivity index (χ0n) is 9.52. The first kappa shape index (κ1) is 13.8. The number of anilines is 1. The first-order chi connectivity index (χ1) is 8.90. The van der Waals surface area contributed by atoms with Gasteiger partial charge in [-0.1, -0.05) is 11.6 Å². The van der Waals surface area contributed by atoms with Crippen molar-refractivity contribution < 1.29 is 12.8 Å². The molecule has 0 saturated carbocycles. The summed E-state index contributed by atoms with van der Waals surface area (Å²) in [4.78, 5) is -0.582. The highest BCUT2D eigenvalue weighted by Gasteiger charge is 2.21. The number of hydrogen-bond donors (Lipinski definition) is 3. The van der Waals surface area contributed by atoms with Gasteiger partial charge in [-0.3, -0.25) is 5.10 Å². The molecule has 102 valence electrons. The Bertz CT molecular complexity index is 688. The summed E-state index contributed by atoms with van der Waals surface area (Å²) in [5, 5.41) is 6.25. The third kappa shape index (κ3) is 3.03. The van der Waals surface area contributed by atoms with Crippen molar-refractivity contribution in [1.29, 1.82) is 0 Å². The second-order valence-corrected chi connectivity index (χ2v) is 5.91. The Hall–Kier alpha value is -1.64. The Kier molecular flexibility index (Phi) is 3.74. The van der Waals surface area contributed by atoms with Gasteiger partial charge in [-0.05, 0) is 12.1 Å². The molecule has 0 radical (unpaired) electrons. The van der Waals surface area contributed by atoms with Crippen LogP contribution in [0.3, 0.4) is 0 Å². The minimum Gasteiger partial charge on any atom is -0.396 e. The number of nitrogens with one attached hydrogen (secondary N) is 2. The van der Waals surface area contributed by atoms with Crippen molar-refractivity contribution >= 4 is 27.3 Å². The molecule has 2 rings (SSSR count). The minimum atomic E-state index is -4.04. The van der Waals surface area contributed by atoms with E-state index in [2.05, 4.69) is 14.9 Å². The molecule has 0 spiro atoms. The summed E-state index contributed by atoms with van der Waals surface area (Å²) in [7, 11) is -4.04. The Morgan fingerprint density at radius 2 is 2.21 bits per heavy atom. The predicted molar refractivity (Wildman–Crippen MR) is 68.4 cm³/mol. The molecule has 1 aromatic heterocycles. The molecule has 9 heteroatoms. The second-order valence-electron chi connectivity index (χ2n) is 3.74. The Balaban J connectivity index is 2.29. The van der Waals surface area contributed by atoms with Crippen LogP contribution in [0.1, 0.15) is 5.56 Å². The van der Waals surface area contributed by atoms with Gasteiger partial charge in [0.1, 0.15) is 4.90 Å². The van der Waals surface area contributed by atoms with E-state index in [1.54, 1.807) is 0 Å². The highest BCUT2D eigenvalue weighted by Crippen LogP contribution is 2.25. The van der Waals surface area contributed by atoms with Crippen LogP contribution in [0.4, 0.5) is 10.1 Å². The first-order valence-electron chi connectivity index (χ1n) is 5.12. The standard InChI is InChI=1S/C10H10ClFN4O2S/c11-7-1-8(13)10(12)9(2-7)19(17,18)16-5-6-3-14-15-4-6/h1-4,16H,5,13H2,(H,14,15). The number of aromatic amines is 1. The van der Waals surface area contributed by atoms with Gasteiger partial charge in [0, 0.05) is 23.3 Å². The SMILES string of the molecule is Nc1cc(Cl)cc(S(=O)(=O)NCc2cn[nH]c2)c1F. The molecule has 6 nitrogen and oxygen atoms in total. The van der Waals surface area contributed by atoms with Gasteiger partial charge in [-0.2, -0.15) is 5.10 Å². The summed E-state index contributed by atoms with van der Waals surface area (Å²) < 4.78 is 39.9. The minimum absolute atomic E-state index is 0.0231. The van der Waals surface area contributed by atoms with Gasteiger partial charge < -0.3 is 5.73 Å². The summed E-state index contributed by atoms with van der Waals surface area (Å²) in [5.74, 6) is -1.02. The maximum atomic E-state index is 13.7. The molecule has 4 N–H and O–H groups in total. The highest BCUT2D eigenvalue weighted by atomic mass is 35.5. The lowest BCUT2D eigenvalue weighted by Gasteiger charge is -2.08. The Morgan fingerprint density at radius 1 is 1.47 bits per heavy atom. The van der Waals surface area contributed by atoms with Crippen molar-refractivity contribution in [3.63, 3.8) is 0 Å². The number of nitrogen functional groups attached to an aromatic ring is 1. The average Bonchev–Trinajstić information content (AvgIpc) is 2.84. The average molecular weight is 305 g/mol. The van der Waals surface area contributed by atoms with E-state index >= 15 is 0 Å². The molecule has 0 bridgehead atoms. The zero-order chi connectivity index (χ0) is 14.0. The number of rotatable bonds is 4. The summed E-state index contributed by atoms with van der Waals surface area (Å²) in [6.07, 6.45) is 2.97. The molecule has 0 atom stereocenters. The number of aromatic nitrogens is 2. The lowest BCUT2D eigenvalue weighted by atomic mass is 10.3. The molecule has 1 heterocycles. The monoisotopic (exact) mass is 304 g/mol. The number of nitrogens with zero attached hydrogens (tertiary/aromatic N) is 1. The van der Waals surface area contributed by atoms with E-state index in [0.717, 1.165) is 12.1 Å². The van der Waals surface area contributed by atoms with Crippen LogP contribution >= 0.6 is 11.6 Å². The fourth-order valence-electron chi connectivity index (χ4n) is 1.41. The molecular formula is C10H10ClFN4O2S. The summed E-state index contributed by atoms with van der Waals surface area (Å²) in [5.41, 5.74) is 5.63. The van der Waals surface area contributed by atoms with Crippen LogP contribution in [0.2, 0.25) is 5.02 Å². The maximum Gasteiger partial charge on any atom is 0.243 e. The normalized spacial score (nSPS) is 11.7. The largest absolute Gasteiger partial charge is 0.396 e. The van der Waals surface area contributed by atoms with E-state index in [1.165, 1.54) is 12.4 Å². The van der Waals surface area contributed by atoms with E-state index in [0.29, 0.717) is 5.56 Å². The summed E-state index contributed by atoms with van der Waals surface area (Å²) in [6.45, 7) is -0.0231. The van der Waals surface area contributed by atoms with Crippen molar-refractivity contribution in [1.82, 2.24) is 14.9 Å². The molecule has 19 heavy (non-hydrogen) atoms. The summed E-state index contributed by atoms with van der Waals surface area (Å²) >= 11 is 5.67. The van der Waals surface area contributed by atoms with Gasteiger partial charge in [0.2, 0.25) is 10.0 Å². The number of nitrogens with two attached hydrogens (primary N) is 1. The molecule has 0 aliphatic rings. The fraction of sp³-hybridized carbons (Fsp3) is 0.100. The van der Waals surface area contributed by atoms with Crippen molar-refractivity contribution in [3.8, 4) is 0 Å². The van der Waals surface area contributed by atoms with Crippen LogP contribution in [-0.2, 0) is 16.6 Å². The maximum absolute atomic E-state index is 13.7. The summed E-state index contributed by atoms with van der Waals surface area (Å²) in [6, 6.07) is 2.15. The van der Waals surface area contributed by atoms with E-state index in [-0.39, 0.29) is 17.3 Å². The molecule has 0 unspecified atom stereocenters. The number of H-pyrrole nitrogens is 1. The van der Waals surface area contributed by atoms with Crippen molar-refractivity contribution in [2.75, 3.05) is 5.73 Å². The van der Waals surface area contributed by atoms with Crippen LogP contribution in [0, 0.1) is 5.82 Å². The van der Waals surface area contributed by atoms with Gasteiger partial charge >= 0.3 is 0 Å². The second kappa shape index (κ2) is 5.16. The number of benzene rings is 1. The number of hydrogen-bond acceptors (Lipinski definition) is 4. The van der Waals surface area contributed by atoms with Crippen LogP contribution < -0.4 is 10.5 Å². The van der Waals surface area contributed by atoms with E-state index in [4.69, 9.17) is 17.3 Å². The molecule has 1 aromatic carbocycles. The molecule has 0 aliphatic heterocycles. The smallest absolute Gasteiger partial charge is 0.243 e. The molecule has 0 fully saturated rings. The molecule has 0 aliphatic carbocycles. The zero-order valence-corrected chi connectivity index (χ0v) is 11.1. The van der Waals surface area contributed by atoms with Gasteiger partial charge in [0.15, 0.2) is 5.82 Å². The van der Waals surface area contributed by atoms with Crippen LogP contribution in [0.25, 0.3) is 0 Å². The van der Waals surface area contributed by atoms with Crippen molar-refractivity contribution in [2.45, 2.75) is 11.4 Å². The quantitative estimate of drug-likeness (QED) is 0.740. The lowest BCUT2D eigenvalue weighted by Crippen LogP contribution is -2.24. The fourth-order valence-corrected chi connectivity index (χ4v) is 2.85. The van der Waals surface area contributed by atoms with Gasteiger partial charge in [-0.15, -0.1) is 0 Å². The van der Waals surface area contributed by atoms with E-state index in [1.807, 2.05) is 0 Å². The molecule has 0 saturated heterocycles. The lowest BCUT2D eigenvalue weighted by molar-refractivity contribution is 0.558. The Morgan fingerprint density at radius 3 is 2.84 bits per heavy atom. The molecule has 0 amide bonds. The predicted octanol–water partition coefficient (Wildman–Crippen LogP) is 1.26. The third-order valence-electron chi connectivity index (χ3n) is 2.34. The number of halogens is 2. The van der Waals surface area contributed by atoms with Crippen LogP contribution in [0.15, 0.2) is 29.4 Å². The highest BCUT2D eigenvalue weighted by molar-refractivity contribution is 7.89. The van der Waals surface area contributed by atoms with Gasteiger partial charge in [-0.25, -0.2) is 17.5 Å². The van der Waals surface area contributed by atoms with Crippen LogP contribution in [0.5, 0.6) is 0 Å². The topological polar surface area (TPSA) is 101 Å². The first-order valence-corrected chi connectivity index (χ1v) is 6.98. The Labute approximate surface area is 113 Å². The van der Waals surface area contributed by atoms with Crippen molar-refractivity contribution in [3.05, 3.63) is 40.9 Å². The van der Waals surface area contributed by atoms with E-state index < -0.39 is 20.7 Å². The van der Waals surface area contributed by atoms with Crippen LogP contribution in [-0.4, -0.2) is 18.6 Å². The van der Waals surface area contributed by atoms with E-state index in [9.17, 15) is 12.8 Å². The molecular weight excluding hydrogens is 295 g/mol.